The van der Waals surface area contributed by atoms with E-state index in [-0.39, 0.29) is 17.8 Å². The lowest BCUT2D eigenvalue weighted by Crippen LogP contribution is -2.34. The highest BCUT2D eigenvalue weighted by atomic mass is 32.1. The molecule has 0 aliphatic carbocycles. The maximum Gasteiger partial charge on any atom is 0.261 e. The summed E-state index contributed by atoms with van der Waals surface area (Å²) in [4.78, 5) is 16.6. The minimum atomic E-state index is -0.263. The van der Waals surface area contributed by atoms with Gasteiger partial charge in [0.05, 0.1) is 30.3 Å². The van der Waals surface area contributed by atoms with Crippen LogP contribution in [0.4, 0.5) is 4.39 Å². The van der Waals surface area contributed by atoms with Gasteiger partial charge in [0.1, 0.15) is 16.4 Å². The number of aromatic nitrogens is 2. The predicted molar refractivity (Wildman–Crippen MR) is 130 cm³/mol. The molecule has 172 valence electrons. The molecule has 0 aliphatic rings. The highest BCUT2D eigenvalue weighted by molar-refractivity contribution is 7.20. The van der Waals surface area contributed by atoms with E-state index in [0.717, 1.165) is 32.8 Å². The molecule has 1 unspecified atom stereocenters. The van der Waals surface area contributed by atoms with Crippen LogP contribution in [-0.4, -0.2) is 48.3 Å². The Morgan fingerprint density at radius 3 is 2.67 bits per heavy atom. The minimum absolute atomic E-state index is 0.00846. The van der Waals surface area contributed by atoms with Gasteiger partial charge in [-0.2, -0.15) is 5.10 Å². The summed E-state index contributed by atoms with van der Waals surface area (Å²) in [5.41, 5.74) is 2.89. The molecule has 1 N–H and O–H groups in total. The zero-order chi connectivity index (χ0) is 23.5. The number of hydrogen-bond donors (Lipinski definition) is 1. The van der Waals surface area contributed by atoms with Gasteiger partial charge in [-0.3, -0.25) is 9.48 Å². The molecule has 0 saturated heterocycles. The number of carbonyl (C=O) groups excluding carboxylic acids is 1. The number of nitrogens with zero attached hydrogens (tertiary/aromatic N) is 3. The van der Waals surface area contributed by atoms with Crippen LogP contribution in [0.25, 0.3) is 10.2 Å². The third-order valence-corrected chi connectivity index (χ3v) is 6.78. The highest BCUT2D eigenvalue weighted by Crippen LogP contribution is 2.29. The summed E-state index contributed by atoms with van der Waals surface area (Å²) in [6, 6.07) is 16.2. The Labute approximate surface area is 196 Å². The lowest BCUT2D eigenvalue weighted by molar-refractivity contribution is 0.0946. The van der Waals surface area contributed by atoms with Crippen LogP contribution < -0.4 is 10.1 Å². The zero-order valence-corrected chi connectivity index (χ0v) is 19.9. The van der Waals surface area contributed by atoms with Crippen molar-refractivity contribution >= 4 is 27.5 Å². The van der Waals surface area contributed by atoms with Gasteiger partial charge < -0.3 is 15.0 Å². The Kier molecular flexibility index (Phi) is 6.76. The van der Waals surface area contributed by atoms with Gasteiger partial charge in [-0.1, -0.05) is 24.3 Å². The smallest absolute Gasteiger partial charge is 0.261 e. The van der Waals surface area contributed by atoms with Crippen LogP contribution in [0.3, 0.4) is 0 Å². The number of carbonyl (C=O) groups is 1. The molecule has 0 spiro atoms. The molecule has 33 heavy (non-hydrogen) atoms. The number of thiophene rings is 1. The molecular formula is C25H27FN4O2S. The van der Waals surface area contributed by atoms with Crippen LogP contribution in [0.2, 0.25) is 0 Å². The number of fused-ring (bicyclic) bond motifs is 1. The van der Waals surface area contributed by atoms with Crippen molar-refractivity contribution in [1.29, 1.82) is 0 Å². The van der Waals surface area contributed by atoms with E-state index in [2.05, 4.69) is 15.3 Å². The van der Waals surface area contributed by atoms with Crippen molar-refractivity contribution in [3.63, 3.8) is 0 Å². The van der Waals surface area contributed by atoms with Crippen LogP contribution in [0.15, 0.2) is 54.6 Å². The van der Waals surface area contributed by atoms with E-state index in [0.29, 0.717) is 18.0 Å². The molecule has 0 aliphatic heterocycles. The lowest BCUT2D eigenvalue weighted by Gasteiger charge is -2.25. The number of aryl methyl sites for hydroxylation is 1. The molecule has 0 radical (unpaired) electrons. The number of nitrogens with one attached hydrogen (secondary N) is 1. The first-order valence-corrected chi connectivity index (χ1v) is 11.5. The number of ether oxygens (including phenoxy) is 1. The molecule has 2 heterocycles. The SMILES string of the molecule is COc1cccc(C(CNC(=O)c2cc3c(C)nn(Cc4ccc(F)cc4)c3s2)N(C)C)c1. The van der Waals surface area contributed by atoms with Crippen molar-refractivity contribution < 1.29 is 13.9 Å². The molecule has 2 aromatic heterocycles. The Bertz CT molecular complexity index is 1260. The van der Waals surface area contributed by atoms with Crippen LogP contribution in [0, 0.1) is 12.7 Å². The van der Waals surface area contributed by atoms with Crippen LogP contribution in [0.1, 0.15) is 32.5 Å². The molecule has 8 heteroatoms. The molecule has 4 aromatic rings. The average Bonchev–Trinajstić information content (AvgIpc) is 3.36. The number of rotatable bonds is 8. The van der Waals surface area contributed by atoms with E-state index in [1.807, 2.05) is 56.0 Å². The van der Waals surface area contributed by atoms with Crippen molar-refractivity contribution in [3.8, 4) is 5.75 Å². The molecule has 4 rings (SSSR count). The maximum absolute atomic E-state index is 13.2. The summed E-state index contributed by atoms with van der Waals surface area (Å²) in [6.45, 7) is 2.92. The number of halogens is 1. The quantitative estimate of drug-likeness (QED) is 0.411. The van der Waals surface area contributed by atoms with Gasteiger partial charge in [-0.05, 0) is 62.5 Å². The summed E-state index contributed by atoms with van der Waals surface area (Å²) in [7, 11) is 5.62. The van der Waals surface area contributed by atoms with Gasteiger partial charge in [-0.25, -0.2) is 4.39 Å². The molecule has 2 aromatic carbocycles. The Morgan fingerprint density at radius 1 is 1.21 bits per heavy atom. The zero-order valence-electron chi connectivity index (χ0n) is 19.1. The molecule has 0 saturated carbocycles. The second kappa shape index (κ2) is 9.72. The summed E-state index contributed by atoms with van der Waals surface area (Å²) >= 11 is 1.42. The van der Waals surface area contributed by atoms with E-state index in [1.165, 1.54) is 23.5 Å². The number of benzene rings is 2. The minimum Gasteiger partial charge on any atom is -0.497 e. The first-order chi connectivity index (χ1) is 15.9. The number of likely N-dealkylation sites (N-methyl/N-ethyl adjacent to an activating group) is 1. The molecular weight excluding hydrogens is 439 g/mol. The van der Waals surface area contributed by atoms with Crippen LogP contribution in [-0.2, 0) is 6.54 Å². The highest BCUT2D eigenvalue weighted by Gasteiger charge is 2.20. The molecule has 6 nitrogen and oxygen atoms in total. The number of methoxy groups -OCH3 is 1. The van der Waals surface area contributed by atoms with E-state index in [4.69, 9.17) is 4.74 Å². The standard InChI is InChI=1S/C25H27FN4O2S/c1-16-21-13-23(33-25(21)30(28-16)15-17-8-10-19(26)11-9-17)24(31)27-14-22(29(2)3)18-6-5-7-20(12-18)32-4/h5-13,22H,14-15H2,1-4H3,(H,27,31). The van der Waals surface area contributed by atoms with E-state index >= 15 is 0 Å². The van der Waals surface area contributed by atoms with Crippen LogP contribution >= 0.6 is 11.3 Å². The lowest BCUT2D eigenvalue weighted by atomic mass is 10.1. The summed E-state index contributed by atoms with van der Waals surface area (Å²) in [5, 5.41) is 8.65. The number of hydrogen-bond acceptors (Lipinski definition) is 5. The first-order valence-electron chi connectivity index (χ1n) is 10.7. The second-order valence-corrected chi connectivity index (χ2v) is 9.20. The van der Waals surface area contributed by atoms with Gasteiger partial charge in [0.25, 0.3) is 5.91 Å². The van der Waals surface area contributed by atoms with Gasteiger partial charge in [0.15, 0.2) is 0 Å². The fraction of sp³-hybridized carbons (Fsp3) is 0.280. The maximum atomic E-state index is 13.2. The van der Waals surface area contributed by atoms with Crippen molar-refractivity contribution in [1.82, 2.24) is 20.0 Å². The van der Waals surface area contributed by atoms with Crippen molar-refractivity contribution in [3.05, 3.63) is 82.1 Å². The molecule has 1 atom stereocenters. The third kappa shape index (κ3) is 5.07. The van der Waals surface area contributed by atoms with E-state index < -0.39 is 0 Å². The summed E-state index contributed by atoms with van der Waals surface area (Å²) < 4.78 is 20.4. The van der Waals surface area contributed by atoms with Gasteiger partial charge in [-0.15, -0.1) is 11.3 Å². The van der Waals surface area contributed by atoms with E-state index in [9.17, 15) is 9.18 Å². The normalized spacial score (nSPS) is 12.3. The van der Waals surface area contributed by atoms with Gasteiger partial charge >= 0.3 is 0 Å². The average molecular weight is 467 g/mol. The topological polar surface area (TPSA) is 59.4 Å². The molecule has 0 fully saturated rings. The Morgan fingerprint density at radius 2 is 1.97 bits per heavy atom. The monoisotopic (exact) mass is 466 g/mol. The summed E-state index contributed by atoms with van der Waals surface area (Å²) in [5.74, 6) is 0.413. The molecule has 1 amide bonds. The number of amides is 1. The largest absolute Gasteiger partial charge is 0.497 e. The Balaban J connectivity index is 1.51. The first kappa shape index (κ1) is 22.9. The van der Waals surface area contributed by atoms with Gasteiger partial charge in [0, 0.05) is 11.9 Å². The second-order valence-electron chi connectivity index (χ2n) is 8.17. The fourth-order valence-corrected chi connectivity index (χ4v) is 4.90. The van der Waals surface area contributed by atoms with E-state index in [1.54, 1.807) is 19.2 Å². The molecule has 0 bridgehead atoms. The Hall–Kier alpha value is -3.23. The van der Waals surface area contributed by atoms with Crippen LogP contribution in [0.5, 0.6) is 5.75 Å². The summed E-state index contributed by atoms with van der Waals surface area (Å²) in [6.07, 6.45) is 0. The predicted octanol–water partition coefficient (Wildman–Crippen LogP) is 4.63. The van der Waals surface area contributed by atoms with Crippen molar-refractivity contribution in [2.45, 2.75) is 19.5 Å². The third-order valence-electron chi connectivity index (χ3n) is 5.63. The van der Waals surface area contributed by atoms with Crippen molar-refractivity contribution in [2.24, 2.45) is 0 Å². The van der Waals surface area contributed by atoms with Gasteiger partial charge in [0.2, 0.25) is 0 Å². The van der Waals surface area contributed by atoms with Crippen molar-refractivity contribution in [2.75, 3.05) is 27.7 Å². The fourth-order valence-electron chi connectivity index (χ4n) is 3.82.